The summed E-state index contributed by atoms with van der Waals surface area (Å²) in [6.07, 6.45) is -0.529. The summed E-state index contributed by atoms with van der Waals surface area (Å²) in [7, 11) is -3.64. The van der Waals surface area contributed by atoms with Crippen molar-refractivity contribution < 1.29 is 23.1 Å². The van der Waals surface area contributed by atoms with Gasteiger partial charge in [0.15, 0.2) is 0 Å². The van der Waals surface area contributed by atoms with E-state index >= 15 is 0 Å². The Morgan fingerprint density at radius 3 is 2.27 bits per heavy atom. The van der Waals surface area contributed by atoms with Gasteiger partial charge in [-0.1, -0.05) is 15.9 Å². The van der Waals surface area contributed by atoms with E-state index in [1.165, 1.54) is 16.4 Å². The van der Waals surface area contributed by atoms with Crippen molar-refractivity contribution in [2.45, 2.75) is 23.3 Å². The summed E-state index contributed by atoms with van der Waals surface area (Å²) < 4.78 is 27.1. The minimum absolute atomic E-state index is 0.0808. The first kappa shape index (κ1) is 16.9. The number of rotatable bonds is 4. The molecule has 22 heavy (non-hydrogen) atoms. The summed E-state index contributed by atoms with van der Waals surface area (Å²) in [6.45, 7) is 0.162. The third-order valence-corrected chi connectivity index (χ3v) is 6.09. The van der Waals surface area contributed by atoms with Crippen LogP contribution in [0.2, 0.25) is 0 Å². The first-order valence-corrected chi connectivity index (χ1v) is 8.76. The van der Waals surface area contributed by atoms with Gasteiger partial charge in [0.25, 0.3) is 0 Å². The molecule has 7 nitrogen and oxygen atoms in total. The third kappa shape index (κ3) is 3.47. The second kappa shape index (κ2) is 6.35. The third-order valence-electron chi connectivity index (χ3n) is 3.65. The van der Waals surface area contributed by atoms with Crippen molar-refractivity contribution in [2.75, 3.05) is 13.1 Å². The van der Waals surface area contributed by atoms with E-state index in [0.717, 1.165) is 4.47 Å². The van der Waals surface area contributed by atoms with Gasteiger partial charge in [-0.05, 0) is 37.1 Å². The summed E-state index contributed by atoms with van der Waals surface area (Å²) in [6, 6.07) is 6.27. The van der Waals surface area contributed by atoms with Gasteiger partial charge in [-0.15, -0.1) is 0 Å². The first-order valence-electron chi connectivity index (χ1n) is 6.52. The molecule has 0 aliphatic carbocycles. The zero-order chi connectivity index (χ0) is 16.4. The molecule has 1 aliphatic rings. The topological polar surface area (TPSA) is 104 Å². The average Bonchev–Trinajstić information content (AvgIpc) is 2.47. The molecule has 1 aromatic rings. The van der Waals surface area contributed by atoms with Crippen molar-refractivity contribution in [1.82, 2.24) is 9.62 Å². The molecule has 1 saturated heterocycles. The first-order chi connectivity index (χ1) is 10.3. The number of carboxylic acid groups (broad SMARTS) is 1. The van der Waals surface area contributed by atoms with Crippen LogP contribution in [0.3, 0.4) is 0 Å². The zero-order valence-electron chi connectivity index (χ0n) is 11.5. The molecular formula is C13H15BrN2O5S. The molecule has 9 heteroatoms. The maximum absolute atomic E-state index is 12.5. The molecule has 0 saturated carbocycles. The molecule has 120 valence electrons. The Kier molecular flexibility index (Phi) is 4.88. The van der Waals surface area contributed by atoms with Crippen molar-refractivity contribution in [2.24, 2.45) is 0 Å². The van der Waals surface area contributed by atoms with E-state index in [9.17, 15) is 18.0 Å². The number of nitrogens with zero attached hydrogens (tertiary/aromatic N) is 1. The molecular weight excluding hydrogens is 376 g/mol. The van der Waals surface area contributed by atoms with Crippen LogP contribution in [0.4, 0.5) is 4.79 Å². The lowest BCUT2D eigenvalue weighted by molar-refractivity contribution is -0.114. The molecule has 2 rings (SSSR count). The highest BCUT2D eigenvalue weighted by molar-refractivity contribution is 9.10. The lowest BCUT2D eigenvalue weighted by Gasteiger charge is -2.37. The van der Waals surface area contributed by atoms with Crippen molar-refractivity contribution in [3.05, 3.63) is 28.7 Å². The number of sulfonamides is 1. The smallest absolute Gasteiger partial charge is 0.405 e. The molecule has 0 radical (unpaired) electrons. The normalized spacial score (nSPS) is 18.6. The fourth-order valence-corrected chi connectivity index (χ4v) is 4.07. The lowest BCUT2D eigenvalue weighted by atomic mass is 9.90. The number of hydrogen-bond donors (Lipinski definition) is 2. The SMILES string of the molecule is O=CC1(NC(=O)O)CCN(S(=O)(=O)c2ccc(Br)cc2)CC1. The standard InChI is InChI=1S/C13H15BrN2O5S/c14-10-1-3-11(4-2-10)22(20,21)16-7-5-13(9-17,6-8-16)15-12(18)19/h1-4,9,15H,5-8H2,(H,18,19). The van der Waals surface area contributed by atoms with Crippen LogP contribution in [0, 0.1) is 0 Å². The van der Waals surface area contributed by atoms with Gasteiger partial charge in [0, 0.05) is 17.6 Å². The van der Waals surface area contributed by atoms with Crippen molar-refractivity contribution in [1.29, 1.82) is 0 Å². The monoisotopic (exact) mass is 390 g/mol. The predicted octanol–water partition coefficient (Wildman–Crippen LogP) is 1.44. The maximum atomic E-state index is 12.5. The maximum Gasteiger partial charge on any atom is 0.405 e. The summed E-state index contributed by atoms with van der Waals surface area (Å²) >= 11 is 3.24. The highest BCUT2D eigenvalue weighted by Gasteiger charge is 2.39. The van der Waals surface area contributed by atoms with Gasteiger partial charge < -0.3 is 15.2 Å². The fraction of sp³-hybridized carbons (Fsp3) is 0.385. The largest absolute Gasteiger partial charge is 0.465 e. The predicted molar refractivity (Wildman–Crippen MR) is 82.1 cm³/mol. The highest BCUT2D eigenvalue weighted by atomic mass is 79.9. The van der Waals surface area contributed by atoms with Gasteiger partial charge in [0.05, 0.1) is 4.90 Å². The Balaban J connectivity index is 2.15. The molecule has 0 bridgehead atoms. The number of benzene rings is 1. The van der Waals surface area contributed by atoms with Crippen molar-refractivity contribution in [3.8, 4) is 0 Å². The summed E-state index contributed by atoms with van der Waals surface area (Å²) in [5.41, 5.74) is -1.21. The Morgan fingerprint density at radius 2 is 1.82 bits per heavy atom. The molecule has 1 fully saturated rings. The van der Waals surface area contributed by atoms with E-state index < -0.39 is 21.7 Å². The van der Waals surface area contributed by atoms with E-state index in [1.54, 1.807) is 12.1 Å². The molecule has 1 heterocycles. The van der Waals surface area contributed by atoms with Gasteiger partial charge in [-0.25, -0.2) is 13.2 Å². The fourth-order valence-electron chi connectivity index (χ4n) is 2.37. The van der Waals surface area contributed by atoms with Gasteiger partial charge in [0.1, 0.15) is 11.8 Å². The van der Waals surface area contributed by atoms with E-state index in [-0.39, 0.29) is 30.8 Å². The van der Waals surface area contributed by atoms with E-state index in [4.69, 9.17) is 5.11 Å². The molecule has 1 aliphatic heterocycles. The molecule has 0 atom stereocenters. The van der Waals surface area contributed by atoms with Crippen molar-refractivity contribution in [3.63, 3.8) is 0 Å². The molecule has 0 spiro atoms. The Hall–Kier alpha value is -1.45. The quantitative estimate of drug-likeness (QED) is 0.756. The molecule has 1 amide bonds. The summed E-state index contributed by atoms with van der Waals surface area (Å²) in [5.74, 6) is 0. The van der Waals surface area contributed by atoms with E-state index in [1.807, 2.05) is 0 Å². The van der Waals surface area contributed by atoms with E-state index in [0.29, 0.717) is 6.29 Å². The number of halogens is 1. The van der Waals surface area contributed by atoms with Gasteiger partial charge in [-0.3, -0.25) is 0 Å². The van der Waals surface area contributed by atoms with Crippen LogP contribution in [-0.4, -0.2) is 48.8 Å². The number of amides is 1. The summed E-state index contributed by atoms with van der Waals surface area (Å²) in [4.78, 5) is 22.1. The molecule has 0 unspecified atom stereocenters. The highest BCUT2D eigenvalue weighted by Crippen LogP contribution is 2.26. The number of aldehydes is 1. The van der Waals surface area contributed by atoms with Gasteiger partial charge in [-0.2, -0.15) is 4.31 Å². The zero-order valence-corrected chi connectivity index (χ0v) is 13.9. The molecule has 0 aromatic heterocycles. The number of carbonyl (C=O) groups excluding carboxylic acids is 1. The second-order valence-electron chi connectivity index (χ2n) is 5.06. The lowest BCUT2D eigenvalue weighted by Crippen LogP contribution is -2.56. The Bertz CT molecular complexity index is 666. The number of piperidine rings is 1. The summed E-state index contributed by atoms with van der Waals surface area (Å²) in [5, 5.41) is 11.0. The van der Waals surface area contributed by atoms with Crippen LogP contribution >= 0.6 is 15.9 Å². The second-order valence-corrected chi connectivity index (χ2v) is 7.92. The Morgan fingerprint density at radius 1 is 1.27 bits per heavy atom. The molecule has 1 aromatic carbocycles. The van der Waals surface area contributed by atoms with Gasteiger partial charge >= 0.3 is 6.09 Å². The number of nitrogens with one attached hydrogen (secondary N) is 1. The average molecular weight is 391 g/mol. The minimum Gasteiger partial charge on any atom is -0.465 e. The Labute approximate surface area is 136 Å². The minimum atomic E-state index is -3.64. The number of carbonyl (C=O) groups is 2. The van der Waals surface area contributed by atoms with Crippen molar-refractivity contribution >= 4 is 38.3 Å². The van der Waals surface area contributed by atoms with Gasteiger partial charge in [0.2, 0.25) is 10.0 Å². The number of hydrogen-bond acceptors (Lipinski definition) is 4. The molecule has 2 N–H and O–H groups in total. The van der Waals surface area contributed by atoms with E-state index in [2.05, 4.69) is 21.2 Å². The van der Waals surface area contributed by atoms with Crippen LogP contribution in [0.5, 0.6) is 0 Å². The van der Waals surface area contributed by atoms with Crippen LogP contribution in [0.1, 0.15) is 12.8 Å². The van der Waals surface area contributed by atoms with Crippen LogP contribution in [0.25, 0.3) is 0 Å². The van der Waals surface area contributed by atoms with Crippen LogP contribution in [-0.2, 0) is 14.8 Å². The van der Waals surface area contributed by atoms with Crippen LogP contribution in [0.15, 0.2) is 33.6 Å². The van der Waals surface area contributed by atoms with Crippen LogP contribution < -0.4 is 5.32 Å².